The number of carboxylic acids is 1. The number of benzene rings is 1. The van der Waals surface area contributed by atoms with Crippen molar-refractivity contribution in [3.05, 3.63) is 33.8 Å². The third-order valence-corrected chi connectivity index (χ3v) is 2.55. The Labute approximate surface area is 102 Å². The highest BCUT2D eigenvalue weighted by Crippen LogP contribution is 2.27. The quantitative estimate of drug-likeness (QED) is 0.800. The van der Waals surface area contributed by atoms with E-state index in [-0.39, 0.29) is 6.42 Å². The monoisotopic (exact) mass is 261 g/mol. The predicted molar refractivity (Wildman–Crippen MR) is 60.7 cm³/mol. The minimum absolute atomic E-state index is 0.236. The van der Waals surface area contributed by atoms with Crippen LogP contribution in [0.5, 0.6) is 0 Å². The molecule has 2 N–H and O–H groups in total. The lowest BCUT2D eigenvalue weighted by atomic mass is 10.0. The zero-order chi connectivity index (χ0) is 12.1. The summed E-state index contributed by atoms with van der Waals surface area (Å²) in [7, 11) is 0. The summed E-state index contributed by atoms with van der Waals surface area (Å²) in [5, 5.41) is 11.9. The average Bonchev–Trinajstić information content (AvgIpc) is 2.16. The van der Waals surface area contributed by atoms with Gasteiger partial charge in [0, 0.05) is 10.0 Å². The van der Waals surface area contributed by atoms with Gasteiger partial charge in [0.15, 0.2) is 0 Å². The van der Waals surface area contributed by atoms with E-state index in [0.29, 0.717) is 22.0 Å². The maximum Gasteiger partial charge on any atom is 0.305 e. The Balaban J connectivity index is 3.00. The van der Waals surface area contributed by atoms with Gasteiger partial charge in [-0.2, -0.15) is 0 Å². The Bertz CT molecular complexity index is 409. The van der Waals surface area contributed by atoms with Gasteiger partial charge in [-0.15, -0.1) is 0 Å². The Morgan fingerprint density at radius 2 is 2.19 bits per heavy atom. The van der Waals surface area contributed by atoms with Crippen LogP contribution < -0.4 is 5.32 Å². The molecule has 0 heterocycles. The molecule has 1 amide bonds. The normalized spacial score (nSPS) is 11.9. The topological polar surface area (TPSA) is 66.4 Å². The lowest BCUT2D eigenvalue weighted by Gasteiger charge is -2.15. The number of carbonyl (C=O) groups excluding carboxylic acids is 1. The third kappa shape index (κ3) is 3.40. The van der Waals surface area contributed by atoms with Crippen LogP contribution in [0.25, 0.3) is 0 Å². The Morgan fingerprint density at radius 1 is 1.50 bits per heavy atom. The van der Waals surface area contributed by atoms with Crippen LogP contribution in [0.3, 0.4) is 0 Å². The van der Waals surface area contributed by atoms with Crippen molar-refractivity contribution >= 4 is 35.6 Å². The predicted octanol–water partition coefficient (Wildman–Crippen LogP) is 2.26. The number of carbonyl (C=O) groups is 2. The van der Waals surface area contributed by atoms with Crippen LogP contribution in [0, 0.1) is 0 Å². The molecule has 0 aromatic heterocycles. The highest BCUT2D eigenvalue weighted by molar-refractivity contribution is 6.35. The van der Waals surface area contributed by atoms with E-state index in [4.69, 9.17) is 28.3 Å². The van der Waals surface area contributed by atoms with Crippen LogP contribution in [-0.4, -0.2) is 17.5 Å². The molecule has 4 nitrogen and oxygen atoms in total. The number of rotatable bonds is 5. The molecule has 86 valence electrons. The first-order chi connectivity index (χ1) is 7.54. The number of amides is 1. The molecule has 1 atom stereocenters. The number of hydrogen-bond acceptors (Lipinski definition) is 2. The van der Waals surface area contributed by atoms with E-state index in [0.717, 1.165) is 0 Å². The van der Waals surface area contributed by atoms with Gasteiger partial charge >= 0.3 is 5.97 Å². The molecular weight excluding hydrogens is 253 g/mol. The molecule has 0 aliphatic heterocycles. The average molecular weight is 262 g/mol. The number of halogens is 2. The maximum absolute atomic E-state index is 10.6. The van der Waals surface area contributed by atoms with Gasteiger partial charge in [0.1, 0.15) is 0 Å². The molecule has 0 saturated heterocycles. The number of hydrogen-bond donors (Lipinski definition) is 2. The summed E-state index contributed by atoms with van der Waals surface area (Å²) >= 11 is 11.6. The molecule has 0 fully saturated rings. The van der Waals surface area contributed by atoms with Crippen molar-refractivity contribution < 1.29 is 14.7 Å². The van der Waals surface area contributed by atoms with E-state index >= 15 is 0 Å². The van der Waals surface area contributed by atoms with Crippen molar-refractivity contribution in [2.75, 3.05) is 0 Å². The molecule has 6 heteroatoms. The van der Waals surface area contributed by atoms with Crippen molar-refractivity contribution in [3.63, 3.8) is 0 Å². The smallest absolute Gasteiger partial charge is 0.305 e. The summed E-state index contributed by atoms with van der Waals surface area (Å²) in [6.45, 7) is 0. The Kier molecular flexibility index (Phi) is 4.58. The van der Waals surface area contributed by atoms with Gasteiger partial charge in [-0.3, -0.25) is 9.59 Å². The zero-order valence-electron chi connectivity index (χ0n) is 8.11. The number of nitrogens with one attached hydrogen (secondary N) is 1. The van der Waals surface area contributed by atoms with E-state index in [2.05, 4.69) is 5.32 Å². The molecule has 0 aliphatic carbocycles. The van der Waals surface area contributed by atoms with Crippen LogP contribution in [0.2, 0.25) is 10.0 Å². The fourth-order valence-electron chi connectivity index (χ4n) is 1.30. The summed E-state index contributed by atoms with van der Waals surface area (Å²) < 4.78 is 0. The fraction of sp³-hybridized carbons (Fsp3) is 0.200. The SMILES string of the molecule is O=CN[C@@H](CC(=O)O)c1ccc(Cl)cc1Cl. The first-order valence-corrected chi connectivity index (χ1v) is 5.16. The minimum Gasteiger partial charge on any atom is -0.481 e. The van der Waals surface area contributed by atoms with Gasteiger partial charge < -0.3 is 10.4 Å². The second-order valence-corrected chi connectivity index (χ2v) is 3.94. The van der Waals surface area contributed by atoms with Crippen LogP contribution in [0.1, 0.15) is 18.0 Å². The first kappa shape index (κ1) is 12.8. The van der Waals surface area contributed by atoms with Crippen molar-refractivity contribution in [2.24, 2.45) is 0 Å². The zero-order valence-corrected chi connectivity index (χ0v) is 9.63. The lowest BCUT2D eigenvalue weighted by Crippen LogP contribution is -2.22. The summed E-state index contributed by atoms with van der Waals surface area (Å²) in [6.07, 6.45) is 0.207. The van der Waals surface area contributed by atoms with E-state index in [1.54, 1.807) is 12.1 Å². The highest BCUT2D eigenvalue weighted by Gasteiger charge is 2.17. The third-order valence-electron chi connectivity index (χ3n) is 1.99. The van der Waals surface area contributed by atoms with Gasteiger partial charge in [0.25, 0.3) is 0 Å². The molecule has 1 aromatic carbocycles. The molecule has 1 rings (SSSR count). The molecule has 0 aliphatic rings. The van der Waals surface area contributed by atoms with Crippen molar-refractivity contribution in [3.8, 4) is 0 Å². The minimum atomic E-state index is -1.02. The van der Waals surface area contributed by atoms with Crippen LogP contribution >= 0.6 is 23.2 Å². The van der Waals surface area contributed by atoms with E-state index < -0.39 is 12.0 Å². The standard InChI is InChI=1S/C10H9Cl2NO3/c11-6-1-2-7(8(12)3-6)9(13-5-14)4-10(15)16/h1-3,5,9H,4H2,(H,13,14)(H,15,16)/t9-/m0/s1. The molecule has 1 aromatic rings. The Morgan fingerprint density at radius 3 is 2.69 bits per heavy atom. The molecule has 0 saturated carbocycles. The fourth-order valence-corrected chi connectivity index (χ4v) is 1.84. The van der Waals surface area contributed by atoms with Gasteiger partial charge in [-0.25, -0.2) is 0 Å². The second kappa shape index (κ2) is 5.72. The van der Waals surface area contributed by atoms with Crippen molar-refractivity contribution in [2.45, 2.75) is 12.5 Å². The lowest BCUT2D eigenvalue weighted by molar-refractivity contribution is -0.137. The molecule has 16 heavy (non-hydrogen) atoms. The molecule has 0 spiro atoms. The largest absolute Gasteiger partial charge is 0.481 e. The second-order valence-electron chi connectivity index (χ2n) is 3.10. The highest BCUT2D eigenvalue weighted by atomic mass is 35.5. The number of carboxylic acid groups (broad SMARTS) is 1. The maximum atomic E-state index is 10.6. The molecular formula is C10H9Cl2NO3. The summed E-state index contributed by atoms with van der Waals surface area (Å²) in [6, 6.07) is 4.03. The van der Waals surface area contributed by atoms with Crippen LogP contribution in [0.15, 0.2) is 18.2 Å². The number of aliphatic carboxylic acids is 1. The summed E-state index contributed by atoms with van der Waals surface area (Å²) in [5.74, 6) is -1.02. The summed E-state index contributed by atoms with van der Waals surface area (Å²) in [5.41, 5.74) is 0.528. The van der Waals surface area contributed by atoms with Crippen molar-refractivity contribution in [1.82, 2.24) is 5.32 Å². The molecule has 0 bridgehead atoms. The molecule has 0 radical (unpaired) electrons. The Hall–Kier alpha value is -1.26. The first-order valence-electron chi connectivity index (χ1n) is 4.41. The summed E-state index contributed by atoms with van der Waals surface area (Å²) in [4.78, 5) is 21.0. The van der Waals surface area contributed by atoms with Gasteiger partial charge in [0.05, 0.1) is 12.5 Å². The van der Waals surface area contributed by atoms with Crippen LogP contribution in [-0.2, 0) is 9.59 Å². The van der Waals surface area contributed by atoms with Gasteiger partial charge in [-0.05, 0) is 17.7 Å². The van der Waals surface area contributed by atoms with E-state index in [9.17, 15) is 9.59 Å². The van der Waals surface area contributed by atoms with Crippen LogP contribution in [0.4, 0.5) is 0 Å². The van der Waals surface area contributed by atoms with E-state index in [1.807, 2.05) is 0 Å². The molecule has 0 unspecified atom stereocenters. The van der Waals surface area contributed by atoms with Crippen molar-refractivity contribution in [1.29, 1.82) is 0 Å². The van der Waals surface area contributed by atoms with E-state index in [1.165, 1.54) is 6.07 Å². The van der Waals surface area contributed by atoms with Gasteiger partial charge in [0.2, 0.25) is 6.41 Å². The van der Waals surface area contributed by atoms with Gasteiger partial charge in [-0.1, -0.05) is 29.3 Å².